The zero-order valence-corrected chi connectivity index (χ0v) is 13.8. The van der Waals surface area contributed by atoms with Crippen LogP contribution >= 0.6 is 0 Å². The van der Waals surface area contributed by atoms with Gasteiger partial charge in [-0.1, -0.05) is 25.1 Å². The minimum atomic E-state index is -0.0838. The van der Waals surface area contributed by atoms with Crippen LogP contribution in [0.15, 0.2) is 30.3 Å². The summed E-state index contributed by atoms with van der Waals surface area (Å²) in [7, 11) is 1.79. The first-order valence-corrected chi connectivity index (χ1v) is 7.90. The number of para-hydroxylation sites is 1. The summed E-state index contributed by atoms with van der Waals surface area (Å²) >= 11 is 0. The molecule has 1 aromatic heterocycles. The fraction of sp³-hybridized carbons (Fsp3) is 0.556. The molecule has 0 bridgehead atoms. The van der Waals surface area contributed by atoms with E-state index in [1.54, 1.807) is 7.11 Å². The number of hydrogen-bond acceptors (Lipinski definition) is 2. The number of aromatic nitrogens is 1. The van der Waals surface area contributed by atoms with E-state index in [0.717, 1.165) is 32.5 Å². The lowest BCUT2D eigenvalue weighted by molar-refractivity contribution is 0.0121. The highest BCUT2D eigenvalue weighted by Gasteiger charge is 2.17. The predicted molar refractivity (Wildman–Crippen MR) is 89.6 cm³/mol. The minimum absolute atomic E-state index is 0.0838. The number of nitrogens with one attached hydrogen (secondary N) is 1. The normalized spacial score (nSPS) is 12.2. The van der Waals surface area contributed by atoms with Gasteiger partial charge in [0.2, 0.25) is 0 Å². The van der Waals surface area contributed by atoms with E-state index in [4.69, 9.17) is 4.74 Å². The number of hydrogen-bond donors (Lipinski definition) is 1. The lowest BCUT2D eigenvalue weighted by Crippen LogP contribution is -2.25. The summed E-state index contributed by atoms with van der Waals surface area (Å²) in [5.74, 6) is 0. The third-order valence-corrected chi connectivity index (χ3v) is 4.12. The molecule has 0 aliphatic rings. The highest BCUT2D eigenvalue weighted by Crippen LogP contribution is 2.23. The summed E-state index contributed by atoms with van der Waals surface area (Å²) in [5.41, 5.74) is 2.59. The van der Waals surface area contributed by atoms with E-state index in [1.807, 2.05) is 0 Å². The zero-order valence-electron chi connectivity index (χ0n) is 13.8. The van der Waals surface area contributed by atoms with Crippen molar-refractivity contribution in [3.05, 3.63) is 36.0 Å². The zero-order chi connectivity index (χ0) is 15.3. The molecule has 0 radical (unpaired) electrons. The maximum Gasteiger partial charge on any atom is 0.0639 e. The van der Waals surface area contributed by atoms with Gasteiger partial charge in [0, 0.05) is 31.4 Å². The summed E-state index contributed by atoms with van der Waals surface area (Å²) in [5, 5.41) is 4.83. The smallest absolute Gasteiger partial charge is 0.0639 e. The number of nitrogens with zero attached hydrogens (tertiary/aromatic N) is 1. The minimum Gasteiger partial charge on any atom is -0.379 e. The molecule has 1 heterocycles. The Hall–Kier alpha value is -1.32. The second-order valence-electron chi connectivity index (χ2n) is 6.24. The van der Waals surface area contributed by atoms with Crippen molar-refractivity contribution in [2.24, 2.45) is 0 Å². The van der Waals surface area contributed by atoms with Crippen LogP contribution in [0.1, 0.15) is 39.3 Å². The second-order valence-corrected chi connectivity index (χ2v) is 6.24. The van der Waals surface area contributed by atoms with Gasteiger partial charge in [0.05, 0.1) is 5.60 Å². The maximum atomic E-state index is 5.56. The van der Waals surface area contributed by atoms with E-state index in [0.29, 0.717) is 0 Å². The molecule has 0 spiro atoms. The lowest BCUT2D eigenvalue weighted by Gasteiger charge is -2.24. The first-order valence-electron chi connectivity index (χ1n) is 7.90. The van der Waals surface area contributed by atoms with Crippen LogP contribution in [0.4, 0.5) is 0 Å². The van der Waals surface area contributed by atoms with E-state index in [9.17, 15) is 0 Å². The van der Waals surface area contributed by atoms with Gasteiger partial charge < -0.3 is 14.6 Å². The van der Waals surface area contributed by atoms with Gasteiger partial charge in [0.25, 0.3) is 0 Å². The van der Waals surface area contributed by atoms with Crippen molar-refractivity contribution in [2.75, 3.05) is 13.7 Å². The van der Waals surface area contributed by atoms with E-state index in [-0.39, 0.29) is 5.60 Å². The molecule has 1 N–H and O–H groups in total. The second kappa shape index (κ2) is 7.10. The number of benzene rings is 1. The first kappa shape index (κ1) is 16.1. The van der Waals surface area contributed by atoms with Crippen LogP contribution in [0, 0.1) is 0 Å². The molecule has 0 unspecified atom stereocenters. The van der Waals surface area contributed by atoms with Crippen LogP contribution in [0.3, 0.4) is 0 Å². The van der Waals surface area contributed by atoms with Crippen LogP contribution in [-0.4, -0.2) is 23.8 Å². The first-order chi connectivity index (χ1) is 10.1. The van der Waals surface area contributed by atoms with Gasteiger partial charge in [-0.05, 0) is 50.8 Å². The summed E-state index contributed by atoms with van der Waals surface area (Å²) in [6.07, 6.45) is 2.17. The highest BCUT2D eigenvalue weighted by atomic mass is 16.5. The van der Waals surface area contributed by atoms with Gasteiger partial charge in [-0.15, -0.1) is 0 Å². The Morgan fingerprint density at radius 2 is 2.00 bits per heavy atom. The van der Waals surface area contributed by atoms with E-state index in [2.05, 4.69) is 61.0 Å². The van der Waals surface area contributed by atoms with Crippen LogP contribution in [0.2, 0.25) is 0 Å². The Morgan fingerprint density at radius 3 is 2.71 bits per heavy atom. The Bertz CT molecular complexity index is 572. The topological polar surface area (TPSA) is 26.2 Å². The summed E-state index contributed by atoms with van der Waals surface area (Å²) in [6, 6.07) is 10.9. The Balaban J connectivity index is 2.23. The van der Waals surface area contributed by atoms with Crippen molar-refractivity contribution in [1.82, 2.24) is 9.88 Å². The highest BCUT2D eigenvalue weighted by molar-refractivity contribution is 5.81. The van der Waals surface area contributed by atoms with Gasteiger partial charge in [0.1, 0.15) is 0 Å². The van der Waals surface area contributed by atoms with Gasteiger partial charge in [0.15, 0.2) is 0 Å². The number of ether oxygens (including phenoxy) is 1. The molecule has 0 saturated heterocycles. The molecule has 0 aliphatic heterocycles. The van der Waals surface area contributed by atoms with E-state index in [1.165, 1.54) is 16.6 Å². The Labute approximate surface area is 128 Å². The largest absolute Gasteiger partial charge is 0.379 e. The number of fused-ring (bicyclic) bond motifs is 1. The standard InChI is InChI=1S/C18H28N2O/c1-5-11-19-14-16-13-15-8-6-7-9-17(15)20(16)12-10-18(2,3)21-4/h6-9,13,19H,5,10-12,14H2,1-4H3. The molecular weight excluding hydrogens is 260 g/mol. The lowest BCUT2D eigenvalue weighted by atomic mass is 10.1. The van der Waals surface area contributed by atoms with Crippen molar-refractivity contribution < 1.29 is 4.74 Å². The molecule has 0 fully saturated rings. The molecule has 2 rings (SSSR count). The van der Waals surface area contributed by atoms with Crippen molar-refractivity contribution in [3.63, 3.8) is 0 Å². The van der Waals surface area contributed by atoms with Crippen LogP contribution < -0.4 is 5.32 Å². The average Bonchev–Trinajstić information content (AvgIpc) is 2.83. The van der Waals surface area contributed by atoms with Gasteiger partial charge in [-0.25, -0.2) is 0 Å². The average molecular weight is 288 g/mol. The Kier molecular flexibility index (Phi) is 5.43. The van der Waals surface area contributed by atoms with Crippen LogP contribution in [-0.2, 0) is 17.8 Å². The van der Waals surface area contributed by atoms with Gasteiger partial charge >= 0.3 is 0 Å². The van der Waals surface area contributed by atoms with Gasteiger partial charge in [-0.3, -0.25) is 0 Å². The molecule has 0 atom stereocenters. The molecule has 3 nitrogen and oxygen atoms in total. The summed E-state index contributed by atoms with van der Waals surface area (Å²) in [6.45, 7) is 9.46. The molecule has 21 heavy (non-hydrogen) atoms. The Morgan fingerprint density at radius 1 is 1.24 bits per heavy atom. The van der Waals surface area contributed by atoms with E-state index < -0.39 is 0 Å². The summed E-state index contributed by atoms with van der Waals surface area (Å²) < 4.78 is 7.99. The molecule has 0 saturated carbocycles. The number of rotatable bonds is 8. The van der Waals surface area contributed by atoms with Gasteiger partial charge in [-0.2, -0.15) is 0 Å². The van der Waals surface area contributed by atoms with Crippen molar-refractivity contribution >= 4 is 10.9 Å². The number of methoxy groups -OCH3 is 1. The molecule has 0 aliphatic carbocycles. The summed E-state index contributed by atoms with van der Waals surface area (Å²) in [4.78, 5) is 0. The molecule has 0 amide bonds. The molecule has 3 heteroatoms. The fourth-order valence-corrected chi connectivity index (χ4v) is 2.55. The molecule has 116 valence electrons. The van der Waals surface area contributed by atoms with E-state index >= 15 is 0 Å². The van der Waals surface area contributed by atoms with Crippen molar-refractivity contribution in [1.29, 1.82) is 0 Å². The monoisotopic (exact) mass is 288 g/mol. The fourth-order valence-electron chi connectivity index (χ4n) is 2.55. The van der Waals surface area contributed by atoms with Crippen LogP contribution in [0.25, 0.3) is 10.9 Å². The third-order valence-electron chi connectivity index (χ3n) is 4.12. The van der Waals surface area contributed by atoms with Crippen LogP contribution in [0.5, 0.6) is 0 Å². The molecular formula is C18H28N2O. The third kappa shape index (κ3) is 4.08. The van der Waals surface area contributed by atoms with Crippen molar-refractivity contribution in [3.8, 4) is 0 Å². The quantitative estimate of drug-likeness (QED) is 0.744. The molecule has 1 aromatic carbocycles. The maximum absolute atomic E-state index is 5.56. The molecule has 2 aromatic rings. The SMILES string of the molecule is CCCNCc1cc2ccccc2n1CCC(C)(C)OC. The number of aryl methyl sites for hydroxylation is 1. The van der Waals surface area contributed by atoms with Crippen molar-refractivity contribution in [2.45, 2.75) is 52.3 Å². The predicted octanol–water partition coefficient (Wildman–Crippen LogP) is 3.96.